The van der Waals surface area contributed by atoms with Crippen molar-refractivity contribution in [1.29, 1.82) is 0 Å². The molecule has 0 spiro atoms. The molecule has 2 aromatic rings. The quantitative estimate of drug-likeness (QED) is 0.778. The molecule has 138 valence electrons. The van der Waals surface area contributed by atoms with E-state index in [9.17, 15) is 0 Å². The van der Waals surface area contributed by atoms with Gasteiger partial charge in [0.1, 0.15) is 0 Å². The summed E-state index contributed by atoms with van der Waals surface area (Å²) in [6, 6.07) is 12.7. The number of nitrogens with zero attached hydrogens (tertiary/aromatic N) is 1. The Labute approximate surface area is 161 Å². The van der Waals surface area contributed by atoms with Crippen LogP contribution >= 0.6 is 12.2 Å². The maximum absolute atomic E-state index is 5.73. The van der Waals surface area contributed by atoms with E-state index >= 15 is 0 Å². The topological polar surface area (TPSA) is 33.7 Å². The molecular weight excluding hydrogens is 344 g/mol. The summed E-state index contributed by atoms with van der Waals surface area (Å²) in [5.41, 5.74) is 4.72. The number of hydrogen-bond donors (Lipinski definition) is 1. The summed E-state index contributed by atoms with van der Waals surface area (Å²) < 4.78 is 10.8. The Morgan fingerprint density at radius 2 is 1.85 bits per heavy atom. The standard InChI is InChI=1S/C21H26N2O2S/c1-14-7-9-17(15(2)12-14)22-21(26)23-11-5-6-18(23)16-8-10-19(24-3)20(13-16)25-4/h7-10,12-13,18H,5-6,11H2,1-4H3,(H,22,26)/t18-/m1/s1. The molecular formula is C21H26N2O2S. The number of anilines is 1. The Hall–Kier alpha value is -2.27. The molecule has 1 aliphatic rings. The van der Waals surface area contributed by atoms with E-state index in [0.717, 1.165) is 41.7 Å². The van der Waals surface area contributed by atoms with Gasteiger partial charge in [0.25, 0.3) is 0 Å². The van der Waals surface area contributed by atoms with Gasteiger partial charge in [-0.3, -0.25) is 0 Å². The average Bonchev–Trinajstić information content (AvgIpc) is 3.13. The number of methoxy groups -OCH3 is 2. The summed E-state index contributed by atoms with van der Waals surface area (Å²) in [7, 11) is 3.32. The molecule has 1 atom stereocenters. The fourth-order valence-electron chi connectivity index (χ4n) is 3.56. The summed E-state index contributed by atoms with van der Waals surface area (Å²) in [4.78, 5) is 2.27. The summed E-state index contributed by atoms with van der Waals surface area (Å²) in [6.45, 7) is 5.16. The molecule has 1 fully saturated rings. The SMILES string of the molecule is COc1ccc([C@H]2CCCN2C(=S)Nc2ccc(C)cc2C)cc1OC. The van der Waals surface area contributed by atoms with Gasteiger partial charge < -0.3 is 19.7 Å². The van der Waals surface area contributed by atoms with Crippen LogP contribution in [0.5, 0.6) is 11.5 Å². The van der Waals surface area contributed by atoms with Crippen LogP contribution in [0.2, 0.25) is 0 Å². The lowest BCUT2D eigenvalue weighted by atomic mass is 10.0. The molecule has 0 radical (unpaired) electrons. The highest BCUT2D eigenvalue weighted by Gasteiger charge is 2.29. The van der Waals surface area contributed by atoms with Crippen molar-refractivity contribution in [2.24, 2.45) is 0 Å². The Morgan fingerprint density at radius 3 is 2.54 bits per heavy atom. The van der Waals surface area contributed by atoms with Gasteiger partial charge in [-0.2, -0.15) is 0 Å². The molecule has 2 aromatic carbocycles. The smallest absolute Gasteiger partial charge is 0.173 e. The Balaban J connectivity index is 1.80. The van der Waals surface area contributed by atoms with Gasteiger partial charge in [0, 0.05) is 12.2 Å². The highest BCUT2D eigenvalue weighted by Crippen LogP contribution is 2.37. The number of benzene rings is 2. The molecule has 4 nitrogen and oxygen atoms in total. The van der Waals surface area contributed by atoms with E-state index in [0.29, 0.717) is 0 Å². The Kier molecular flexibility index (Phi) is 5.67. The molecule has 26 heavy (non-hydrogen) atoms. The lowest BCUT2D eigenvalue weighted by Crippen LogP contribution is -2.34. The van der Waals surface area contributed by atoms with E-state index in [4.69, 9.17) is 21.7 Å². The molecule has 5 heteroatoms. The number of rotatable bonds is 4. The number of likely N-dealkylation sites (tertiary alicyclic amines) is 1. The highest BCUT2D eigenvalue weighted by molar-refractivity contribution is 7.80. The second-order valence-corrected chi connectivity index (χ2v) is 7.10. The zero-order chi connectivity index (χ0) is 18.7. The van der Waals surface area contributed by atoms with Crippen LogP contribution in [0.1, 0.15) is 35.6 Å². The fraction of sp³-hybridized carbons (Fsp3) is 0.381. The van der Waals surface area contributed by atoms with Crippen LogP contribution < -0.4 is 14.8 Å². The van der Waals surface area contributed by atoms with Crippen molar-refractivity contribution in [1.82, 2.24) is 4.90 Å². The molecule has 0 aliphatic carbocycles. The minimum atomic E-state index is 0.251. The first-order chi connectivity index (χ1) is 12.5. The van der Waals surface area contributed by atoms with Crippen LogP contribution in [0.3, 0.4) is 0 Å². The highest BCUT2D eigenvalue weighted by atomic mass is 32.1. The minimum absolute atomic E-state index is 0.251. The van der Waals surface area contributed by atoms with Crippen molar-refractivity contribution >= 4 is 23.0 Å². The first-order valence-corrected chi connectivity index (χ1v) is 9.31. The van der Waals surface area contributed by atoms with E-state index < -0.39 is 0 Å². The Bertz CT molecular complexity index is 807. The van der Waals surface area contributed by atoms with Crippen LogP contribution in [0.25, 0.3) is 0 Å². The number of hydrogen-bond acceptors (Lipinski definition) is 3. The first-order valence-electron chi connectivity index (χ1n) is 8.90. The van der Waals surface area contributed by atoms with Crippen molar-refractivity contribution in [3.8, 4) is 11.5 Å². The second kappa shape index (κ2) is 7.96. The molecule has 0 amide bonds. The van der Waals surface area contributed by atoms with Crippen molar-refractivity contribution in [2.75, 3.05) is 26.1 Å². The van der Waals surface area contributed by atoms with E-state index in [1.54, 1.807) is 14.2 Å². The largest absolute Gasteiger partial charge is 0.493 e. The number of aryl methyl sites for hydroxylation is 2. The predicted molar refractivity (Wildman–Crippen MR) is 110 cm³/mol. The normalized spacial score (nSPS) is 16.5. The molecule has 0 bridgehead atoms. The molecule has 1 aliphatic heterocycles. The lowest BCUT2D eigenvalue weighted by molar-refractivity contribution is 0.351. The fourth-order valence-corrected chi connectivity index (χ4v) is 3.89. The van der Waals surface area contributed by atoms with Gasteiger partial charge in [-0.1, -0.05) is 23.8 Å². The molecule has 0 saturated carbocycles. The zero-order valence-electron chi connectivity index (χ0n) is 15.8. The number of ether oxygens (including phenoxy) is 2. The summed E-state index contributed by atoms with van der Waals surface area (Å²) in [5, 5.41) is 4.20. The molecule has 1 N–H and O–H groups in total. The van der Waals surface area contributed by atoms with Crippen molar-refractivity contribution in [2.45, 2.75) is 32.7 Å². The number of thiocarbonyl (C=S) groups is 1. The minimum Gasteiger partial charge on any atom is -0.493 e. The van der Waals surface area contributed by atoms with E-state index in [2.05, 4.69) is 54.4 Å². The van der Waals surface area contributed by atoms with Crippen LogP contribution in [0, 0.1) is 13.8 Å². The third-order valence-electron chi connectivity index (χ3n) is 4.93. The van der Waals surface area contributed by atoms with Crippen LogP contribution in [-0.4, -0.2) is 30.8 Å². The van der Waals surface area contributed by atoms with Crippen molar-refractivity contribution < 1.29 is 9.47 Å². The van der Waals surface area contributed by atoms with E-state index in [1.807, 2.05) is 6.07 Å². The van der Waals surface area contributed by atoms with Crippen LogP contribution in [0.4, 0.5) is 5.69 Å². The summed E-state index contributed by atoms with van der Waals surface area (Å²) in [6.07, 6.45) is 2.19. The Morgan fingerprint density at radius 1 is 1.08 bits per heavy atom. The van der Waals surface area contributed by atoms with Crippen molar-refractivity contribution in [3.05, 3.63) is 53.1 Å². The third-order valence-corrected chi connectivity index (χ3v) is 5.27. The predicted octanol–water partition coefficient (Wildman–Crippen LogP) is 4.85. The first kappa shape index (κ1) is 18.5. The second-order valence-electron chi connectivity index (χ2n) is 6.71. The van der Waals surface area contributed by atoms with Gasteiger partial charge in [0.15, 0.2) is 16.6 Å². The monoisotopic (exact) mass is 370 g/mol. The van der Waals surface area contributed by atoms with Crippen LogP contribution in [-0.2, 0) is 0 Å². The lowest BCUT2D eigenvalue weighted by Gasteiger charge is -2.29. The number of nitrogens with one attached hydrogen (secondary N) is 1. The molecule has 0 unspecified atom stereocenters. The maximum atomic E-state index is 5.73. The van der Waals surface area contributed by atoms with Crippen molar-refractivity contribution in [3.63, 3.8) is 0 Å². The molecule has 3 rings (SSSR count). The van der Waals surface area contributed by atoms with Gasteiger partial charge in [0.2, 0.25) is 0 Å². The van der Waals surface area contributed by atoms with Gasteiger partial charge >= 0.3 is 0 Å². The van der Waals surface area contributed by atoms with Gasteiger partial charge in [-0.15, -0.1) is 0 Å². The zero-order valence-corrected chi connectivity index (χ0v) is 16.7. The van der Waals surface area contributed by atoms with Crippen LogP contribution in [0.15, 0.2) is 36.4 Å². The third kappa shape index (κ3) is 3.78. The summed E-state index contributed by atoms with van der Waals surface area (Å²) >= 11 is 5.73. The average molecular weight is 371 g/mol. The summed E-state index contributed by atoms with van der Waals surface area (Å²) in [5.74, 6) is 1.50. The van der Waals surface area contributed by atoms with E-state index in [-0.39, 0.29) is 6.04 Å². The van der Waals surface area contributed by atoms with E-state index in [1.165, 1.54) is 16.7 Å². The molecule has 1 saturated heterocycles. The molecule has 1 heterocycles. The maximum Gasteiger partial charge on any atom is 0.173 e. The van der Waals surface area contributed by atoms with Gasteiger partial charge in [0.05, 0.1) is 20.3 Å². The van der Waals surface area contributed by atoms with Gasteiger partial charge in [-0.05, 0) is 68.2 Å². The van der Waals surface area contributed by atoms with Gasteiger partial charge in [-0.25, -0.2) is 0 Å². The molecule has 0 aromatic heterocycles.